The van der Waals surface area contributed by atoms with Crippen molar-refractivity contribution in [2.75, 3.05) is 0 Å². The predicted octanol–water partition coefficient (Wildman–Crippen LogP) is 2.62. The first-order chi connectivity index (χ1) is 6.27. The van der Waals surface area contributed by atoms with Crippen molar-refractivity contribution < 1.29 is 9.53 Å². The average Bonchev–Trinajstić information content (AvgIpc) is 2.16. The molecule has 0 aromatic heterocycles. The molecule has 0 bridgehead atoms. The van der Waals surface area contributed by atoms with Gasteiger partial charge in [-0.25, -0.2) is 0 Å². The Morgan fingerprint density at radius 1 is 1.54 bits per heavy atom. The van der Waals surface area contributed by atoms with Crippen molar-refractivity contribution in [2.24, 2.45) is 0 Å². The van der Waals surface area contributed by atoms with Crippen LogP contribution in [0.3, 0.4) is 0 Å². The first kappa shape index (κ1) is 9.82. The fraction of sp³-hybridized carbons (Fsp3) is 0.100. The number of aldehydes is 1. The van der Waals surface area contributed by atoms with E-state index in [-0.39, 0.29) is 0 Å². The summed E-state index contributed by atoms with van der Waals surface area (Å²) < 4.78 is 5.86. The summed E-state index contributed by atoms with van der Waals surface area (Å²) in [6, 6.07) is 5.16. The van der Waals surface area contributed by atoms with Crippen molar-refractivity contribution in [1.29, 1.82) is 0 Å². The number of benzene rings is 1. The molecular weight excluding hydrogens is 232 g/mol. The molecule has 3 heteroatoms. The van der Waals surface area contributed by atoms with E-state index in [4.69, 9.17) is 4.74 Å². The van der Waals surface area contributed by atoms with Crippen LogP contribution in [0.4, 0.5) is 0 Å². The summed E-state index contributed by atoms with van der Waals surface area (Å²) in [5.41, 5.74) is 0.483. The molecule has 0 N–H and O–H groups in total. The zero-order valence-corrected chi connectivity index (χ0v) is 8.59. The first-order valence-corrected chi connectivity index (χ1v) is 4.40. The molecule has 0 spiro atoms. The van der Waals surface area contributed by atoms with E-state index in [0.717, 1.165) is 10.8 Å². The van der Waals surface area contributed by atoms with E-state index in [1.807, 2.05) is 0 Å². The van der Waals surface area contributed by atoms with Crippen LogP contribution in [0.2, 0.25) is 0 Å². The van der Waals surface area contributed by atoms with Crippen molar-refractivity contribution in [2.45, 2.75) is 6.92 Å². The molecule has 0 unspecified atom stereocenters. The molecule has 1 rings (SSSR count). The minimum Gasteiger partial charge on any atom is -0.407 e. The second-order valence-corrected chi connectivity index (χ2v) is 3.17. The van der Waals surface area contributed by atoms with E-state index in [2.05, 4.69) is 28.0 Å². The van der Waals surface area contributed by atoms with Crippen LogP contribution in [0.5, 0.6) is 5.75 Å². The van der Waals surface area contributed by atoms with Crippen LogP contribution in [0.25, 0.3) is 0 Å². The molecule has 1 aromatic carbocycles. The Labute approximate surface area is 85.0 Å². The van der Waals surface area contributed by atoms with Gasteiger partial charge in [-0.2, -0.15) is 0 Å². The molecule has 0 saturated heterocycles. The van der Waals surface area contributed by atoms with Gasteiger partial charge in [-0.05, 0) is 18.2 Å². The molecule has 0 aliphatic heterocycles. The summed E-state index contributed by atoms with van der Waals surface area (Å²) in [5.74, 6) is 3.06. The van der Waals surface area contributed by atoms with Crippen LogP contribution in [0.1, 0.15) is 17.3 Å². The van der Waals surface area contributed by atoms with Crippen molar-refractivity contribution in [3.05, 3.63) is 28.2 Å². The molecular formula is C10H7BrO2. The maximum Gasteiger partial charge on any atom is 0.153 e. The van der Waals surface area contributed by atoms with E-state index in [1.165, 1.54) is 0 Å². The Kier molecular flexibility index (Phi) is 3.53. The largest absolute Gasteiger partial charge is 0.407 e. The van der Waals surface area contributed by atoms with Crippen molar-refractivity contribution >= 4 is 22.2 Å². The van der Waals surface area contributed by atoms with Crippen LogP contribution >= 0.6 is 15.9 Å². The summed E-state index contributed by atoms with van der Waals surface area (Å²) >= 11 is 3.25. The molecule has 0 radical (unpaired) electrons. The first-order valence-electron chi connectivity index (χ1n) is 3.61. The Balaban J connectivity index is 3.03. The second kappa shape index (κ2) is 4.68. The van der Waals surface area contributed by atoms with E-state index < -0.39 is 0 Å². The second-order valence-electron chi connectivity index (χ2n) is 2.25. The van der Waals surface area contributed by atoms with Gasteiger partial charge in [-0.3, -0.25) is 4.79 Å². The van der Waals surface area contributed by atoms with Crippen LogP contribution in [0.15, 0.2) is 22.7 Å². The number of rotatable bonds is 2. The number of carbonyl (C=O) groups is 1. The quantitative estimate of drug-likeness (QED) is 0.585. The fourth-order valence-corrected chi connectivity index (χ4v) is 1.19. The molecule has 0 saturated carbocycles. The molecule has 1 aromatic rings. The van der Waals surface area contributed by atoms with Crippen LogP contribution in [-0.4, -0.2) is 6.29 Å². The highest BCUT2D eigenvalue weighted by Gasteiger charge is 2.01. The van der Waals surface area contributed by atoms with Crippen LogP contribution in [-0.2, 0) is 0 Å². The Morgan fingerprint density at radius 3 is 2.92 bits per heavy atom. The van der Waals surface area contributed by atoms with Gasteiger partial charge in [0.15, 0.2) is 12.0 Å². The summed E-state index contributed by atoms with van der Waals surface area (Å²) in [6.45, 7) is 1.67. The van der Waals surface area contributed by atoms with Crippen LogP contribution < -0.4 is 4.74 Å². The highest BCUT2D eigenvalue weighted by molar-refractivity contribution is 9.10. The monoisotopic (exact) mass is 238 g/mol. The normalized spacial score (nSPS) is 8.46. The molecule has 0 amide bonds. The highest BCUT2D eigenvalue weighted by Crippen LogP contribution is 2.21. The number of hydrogen-bond acceptors (Lipinski definition) is 2. The lowest BCUT2D eigenvalue weighted by Crippen LogP contribution is -1.89. The van der Waals surface area contributed by atoms with E-state index in [1.54, 1.807) is 25.1 Å². The lowest BCUT2D eigenvalue weighted by molar-refractivity contribution is 0.112. The van der Waals surface area contributed by atoms with Crippen molar-refractivity contribution in [3.8, 4) is 17.8 Å². The number of halogens is 1. The van der Waals surface area contributed by atoms with E-state index in [9.17, 15) is 4.79 Å². The minimum absolute atomic E-state index is 0.479. The maximum atomic E-state index is 10.6. The molecule has 0 aliphatic carbocycles. The SMILES string of the molecule is CC#COc1ccc(Br)cc1C=O. The number of hydrogen-bond donors (Lipinski definition) is 0. The summed E-state index contributed by atoms with van der Waals surface area (Å²) in [4.78, 5) is 10.6. The third-order valence-corrected chi connectivity index (χ3v) is 1.86. The lowest BCUT2D eigenvalue weighted by atomic mass is 10.2. The lowest BCUT2D eigenvalue weighted by Gasteiger charge is -2.00. The molecule has 2 nitrogen and oxygen atoms in total. The Hall–Kier alpha value is -1.27. The maximum absolute atomic E-state index is 10.6. The van der Waals surface area contributed by atoms with Gasteiger partial charge in [0.25, 0.3) is 0 Å². The minimum atomic E-state index is 0.479. The predicted molar refractivity (Wildman–Crippen MR) is 53.6 cm³/mol. The molecule has 0 atom stereocenters. The van der Waals surface area contributed by atoms with Gasteiger partial charge in [-0.1, -0.05) is 21.9 Å². The molecule has 66 valence electrons. The zero-order chi connectivity index (χ0) is 9.68. The van der Waals surface area contributed by atoms with Crippen molar-refractivity contribution in [3.63, 3.8) is 0 Å². The van der Waals surface area contributed by atoms with Crippen molar-refractivity contribution in [1.82, 2.24) is 0 Å². The van der Waals surface area contributed by atoms with Gasteiger partial charge in [0.2, 0.25) is 0 Å². The van der Waals surface area contributed by atoms with E-state index >= 15 is 0 Å². The molecule has 13 heavy (non-hydrogen) atoms. The van der Waals surface area contributed by atoms with Crippen LogP contribution in [0, 0.1) is 12.0 Å². The molecule has 0 aliphatic rings. The number of carbonyl (C=O) groups excluding carboxylic acids is 1. The average molecular weight is 239 g/mol. The smallest absolute Gasteiger partial charge is 0.153 e. The topological polar surface area (TPSA) is 26.3 Å². The van der Waals surface area contributed by atoms with Gasteiger partial charge in [0, 0.05) is 11.4 Å². The number of ether oxygens (including phenoxy) is 1. The summed E-state index contributed by atoms with van der Waals surface area (Å²) in [5, 5.41) is 0. The van der Waals surface area contributed by atoms with E-state index in [0.29, 0.717) is 11.3 Å². The molecule has 0 heterocycles. The highest BCUT2D eigenvalue weighted by atomic mass is 79.9. The zero-order valence-electron chi connectivity index (χ0n) is 7.00. The van der Waals surface area contributed by atoms with Gasteiger partial charge >= 0.3 is 0 Å². The molecule has 0 fully saturated rings. The van der Waals surface area contributed by atoms with Gasteiger partial charge in [0.05, 0.1) is 5.56 Å². The van der Waals surface area contributed by atoms with Gasteiger partial charge in [-0.15, -0.1) is 0 Å². The third kappa shape index (κ3) is 2.60. The Bertz CT molecular complexity index is 374. The summed E-state index contributed by atoms with van der Waals surface area (Å²) in [7, 11) is 0. The Morgan fingerprint density at radius 2 is 2.31 bits per heavy atom. The summed E-state index contributed by atoms with van der Waals surface area (Å²) in [6.07, 6.45) is 3.17. The fourth-order valence-electron chi connectivity index (χ4n) is 0.810. The van der Waals surface area contributed by atoms with Gasteiger partial charge < -0.3 is 4.74 Å². The standard InChI is InChI=1S/C10H7BrO2/c1-2-5-13-10-4-3-9(11)6-8(10)7-12/h3-4,6-7H,1H3. The van der Waals surface area contributed by atoms with Gasteiger partial charge in [0.1, 0.15) is 6.11 Å². The third-order valence-electron chi connectivity index (χ3n) is 1.36.